The van der Waals surface area contributed by atoms with Crippen LogP contribution in [-0.2, 0) is 19.5 Å². The molecule has 9 heteroatoms. The van der Waals surface area contributed by atoms with Crippen LogP contribution in [0.3, 0.4) is 0 Å². The highest BCUT2D eigenvalue weighted by molar-refractivity contribution is 7.89. The van der Waals surface area contributed by atoms with Crippen LogP contribution in [0.4, 0.5) is 0 Å². The maximum atomic E-state index is 12.7. The first-order valence-corrected chi connectivity index (χ1v) is 9.51. The van der Waals surface area contributed by atoms with Gasteiger partial charge in [-0.1, -0.05) is 0 Å². The quantitative estimate of drug-likeness (QED) is 0.684. The third-order valence-corrected chi connectivity index (χ3v) is 5.52. The molecule has 0 radical (unpaired) electrons. The average Bonchev–Trinajstić information content (AvgIpc) is 2.83. The van der Waals surface area contributed by atoms with Crippen LogP contribution in [0, 0.1) is 13.8 Å². The number of aromatic nitrogens is 1. The Balaban J connectivity index is 2.12. The van der Waals surface area contributed by atoms with Crippen molar-refractivity contribution in [2.24, 2.45) is 0 Å². The summed E-state index contributed by atoms with van der Waals surface area (Å²) in [5, 5.41) is 0. The molecule has 2 heterocycles. The van der Waals surface area contributed by atoms with E-state index in [1.54, 1.807) is 20.8 Å². The molecule has 0 unspecified atom stereocenters. The summed E-state index contributed by atoms with van der Waals surface area (Å²) in [6.07, 6.45) is 0. The first kappa shape index (κ1) is 18.9. The fourth-order valence-corrected chi connectivity index (χ4v) is 4.24. The van der Waals surface area contributed by atoms with Crippen molar-refractivity contribution in [1.29, 1.82) is 0 Å². The van der Waals surface area contributed by atoms with Crippen molar-refractivity contribution in [3.8, 4) is 0 Å². The van der Waals surface area contributed by atoms with Gasteiger partial charge in [0.05, 0.1) is 19.8 Å². The number of nitrogens with one attached hydrogen (secondary N) is 2. The molecule has 136 valence electrons. The zero-order chi connectivity index (χ0) is 17.7. The van der Waals surface area contributed by atoms with E-state index in [1.165, 1.54) is 0 Å². The van der Waals surface area contributed by atoms with Crippen LogP contribution in [0.25, 0.3) is 0 Å². The first-order valence-electron chi connectivity index (χ1n) is 8.03. The smallest absolute Gasteiger partial charge is 0.341 e. The van der Waals surface area contributed by atoms with Gasteiger partial charge in [-0.05, 0) is 20.8 Å². The Hall–Kier alpha value is -1.42. The third-order valence-electron chi connectivity index (χ3n) is 3.89. The molecule has 1 saturated heterocycles. The zero-order valence-electron chi connectivity index (χ0n) is 14.3. The van der Waals surface area contributed by atoms with Gasteiger partial charge in [0.2, 0.25) is 10.0 Å². The highest BCUT2D eigenvalue weighted by atomic mass is 32.2. The van der Waals surface area contributed by atoms with Crippen LogP contribution in [0.2, 0.25) is 0 Å². The SMILES string of the molecule is CCOC(=O)c1c(C)[nH]c(C)c1S(=O)(=O)NCCN1CCOCC1. The molecule has 0 amide bonds. The van der Waals surface area contributed by atoms with Crippen molar-refractivity contribution in [1.82, 2.24) is 14.6 Å². The fourth-order valence-electron chi connectivity index (χ4n) is 2.78. The van der Waals surface area contributed by atoms with Gasteiger partial charge in [-0.3, -0.25) is 4.90 Å². The number of morpholine rings is 1. The highest BCUT2D eigenvalue weighted by Crippen LogP contribution is 2.24. The second-order valence-corrected chi connectivity index (χ2v) is 7.36. The zero-order valence-corrected chi connectivity index (χ0v) is 15.2. The number of sulfonamides is 1. The second-order valence-electron chi connectivity index (χ2n) is 5.65. The molecule has 0 atom stereocenters. The largest absolute Gasteiger partial charge is 0.462 e. The number of H-pyrrole nitrogens is 1. The Bertz CT molecular complexity index is 678. The van der Waals surface area contributed by atoms with Crippen LogP contribution >= 0.6 is 0 Å². The highest BCUT2D eigenvalue weighted by Gasteiger charge is 2.29. The summed E-state index contributed by atoms with van der Waals surface area (Å²) in [6.45, 7) is 8.93. The lowest BCUT2D eigenvalue weighted by molar-refractivity contribution is 0.0390. The number of nitrogens with zero attached hydrogens (tertiary/aromatic N) is 1. The van der Waals surface area contributed by atoms with Crippen molar-refractivity contribution in [2.75, 3.05) is 46.0 Å². The molecule has 8 nitrogen and oxygen atoms in total. The molecule has 1 aliphatic rings. The molecule has 0 saturated carbocycles. The summed E-state index contributed by atoms with van der Waals surface area (Å²) < 4.78 is 38.1. The Morgan fingerprint density at radius 2 is 1.96 bits per heavy atom. The lowest BCUT2D eigenvalue weighted by Crippen LogP contribution is -2.41. The molecular formula is C15H25N3O5S. The normalized spacial score (nSPS) is 16.3. The van der Waals surface area contributed by atoms with E-state index in [4.69, 9.17) is 9.47 Å². The Labute approximate surface area is 142 Å². The van der Waals surface area contributed by atoms with Crippen LogP contribution < -0.4 is 4.72 Å². The van der Waals surface area contributed by atoms with E-state index >= 15 is 0 Å². The van der Waals surface area contributed by atoms with E-state index in [-0.39, 0.29) is 23.6 Å². The number of hydrogen-bond donors (Lipinski definition) is 2. The van der Waals surface area contributed by atoms with E-state index in [2.05, 4.69) is 14.6 Å². The molecule has 0 aromatic carbocycles. The lowest BCUT2D eigenvalue weighted by Gasteiger charge is -2.26. The molecule has 2 rings (SSSR count). The minimum atomic E-state index is -3.80. The molecular weight excluding hydrogens is 334 g/mol. The Kier molecular flexibility index (Phi) is 6.39. The average molecular weight is 359 g/mol. The van der Waals surface area contributed by atoms with E-state index in [0.717, 1.165) is 13.1 Å². The van der Waals surface area contributed by atoms with Gasteiger partial charge < -0.3 is 14.5 Å². The predicted molar refractivity (Wildman–Crippen MR) is 88.7 cm³/mol. The molecule has 1 fully saturated rings. The van der Waals surface area contributed by atoms with Crippen LogP contribution in [0.15, 0.2) is 4.90 Å². The maximum Gasteiger partial charge on any atom is 0.341 e. The van der Waals surface area contributed by atoms with Crippen molar-refractivity contribution in [2.45, 2.75) is 25.7 Å². The van der Waals surface area contributed by atoms with E-state index in [9.17, 15) is 13.2 Å². The van der Waals surface area contributed by atoms with E-state index < -0.39 is 16.0 Å². The number of rotatable bonds is 7. The molecule has 1 aromatic rings. The maximum absolute atomic E-state index is 12.7. The molecule has 1 aliphatic heterocycles. The van der Waals surface area contributed by atoms with Crippen LogP contribution in [0.5, 0.6) is 0 Å². The van der Waals surface area contributed by atoms with Crippen LogP contribution in [-0.4, -0.2) is 70.3 Å². The predicted octanol–water partition coefficient (Wildman–Crippen LogP) is 0.419. The molecule has 0 bridgehead atoms. The van der Waals surface area contributed by atoms with Gasteiger partial charge in [-0.25, -0.2) is 17.9 Å². The van der Waals surface area contributed by atoms with Crippen molar-refractivity contribution < 1.29 is 22.7 Å². The van der Waals surface area contributed by atoms with Gasteiger partial charge in [-0.2, -0.15) is 0 Å². The van der Waals surface area contributed by atoms with Gasteiger partial charge in [0.1, 0.15) is 10.5 Å². The Morgan fingerprint density at radius 1 is 1.29 bits per heavy atom. The van der Waals surface area contributed by atoms with E-state index in [0.29, 0.717) is 31.1 Å². The van der Waals surface area contributed by atoms with Crippen molar-refractivity contribution >= 4 is 16.0 Å². The van der Waals surface area contributed by atoms with Gasteiger partial charge in [0.25, 0.3) is 0 Å². The van der Waals surface area contributed by atoms with Gasteiger partial charge >= 0.3 is 5.97 Å². The number of aromatic amines is 1. The second kappa shape index (κ2) is 8.11. The van der Waals surface area contributed by atoms with Crippen molar-refractivity contribution in [3.63, 3.8) is 0 Å². The minimum absolute atomic E-state index is 0.0274. The standard InChI is InChI=1S/C15H25N3O5S/c1-4-23-15(19)13-11(2)17-12(3)14(13)24(20,21)16-5-6-18-7-9-22-10-8-18/h16-17H,4-10H2,1-3H3. The monoisotopic (exact) mass is 359 g/mol. The van der Waals surface area contributed by atoms with Gasteiger partial charge in [0, 0.05) is 37.6 Å². The third kappa shape index (κ3) is 4.35. The summed E-state index contributed by atoms with van der Waals surface area (Å²) in [5.41, 5.74) is 0.988. The summed E-state index contributed by atoms with van der Waals surface area (Å²) >= 11 is 0. The molecule has 0 aliphatic carbocycles. The summed E-state index contributed by atoms with van der Waals surface area (Å²) in [4.78, 5) is 17.1. The van der Waals surface area contributed by atoms with Gasteiger partial charge in [-0.15, -0.1) is 0 Å². The molecule has 1 aromatic heterocycles. The lowest BCUT2D eigenvalue weighted by atomic mass is 10.2. The first-order chi connectivity index (χ1) is 11.4. The number of aryl methyl sites for hydroxylation is 2. The number of carbonyl (C=O) groups excluding carboxylic acids is 1. The number of esters is 1. The minimum Gasteiger partial charge on any atom is -0.462 e. The van der Waals surface area contributed by atoms with E-state index in [1.807, 2.05) is 0 Å². The summed E-state index contributed by atoms with van der Waals surface area (Å²) in [7, 11) is -3.80. The number of ether oxygens (including phenoxy) is 2. The molecule has 24 heavy (non-hydrogen) atoms. The number of carbonyl (C=O) groups is 1. The van der Waals surface area contributed by atoms with Gasteiger partial charge in [0.15, 0.2) is 0 Å². The summed E-state index contributed by atoms with van der Waals surface area (Å²) in [6, 6.07) is 0. The molecule has 0 spiro atoms. The van der Waals surface area contributed by atoms with Crippen LogP contribution in [0.1, 0.15) is 28.7 Å². The topological polar surface area (TPSA) is 101 Å². The number of hydrogen-bond acceptors (Lipinski definition) is 6. The Morgan fingerprint density at radius 3 is 2.58 bits per heavy atom. The molecule has 2 N–H and O–H groups in total. The summed E-state index contributed by atoms with van der Waals surface area (Å²) in [5.74, 6) is -0.632. The van der Waals surface area contributed by atoms with Crippen molar-refractivity contribution in [3.05, 3.63) is 17.0 Å². The fraction of sp³-hybridized carbons (Fsp3) is 0.667.